The summed E-state index contributed by atoms with van der Waals surface area (Å²) in [6, 6.07) is 19.3. The maximum absolute atomic E-state index is 13.1. The molecule has 5 heteroatoms. The number of carbonyl (C=O) groups excluding carboxylic acids is 1. The second kappa shape index (κ2) is 8.27. The average molecular weight is 438 g/mol. The van der Waals surface area contributed by atoms with Crippen molar-refractivity contribution in [1.82, 2.24) is 4.90 Å². The van der Waals surface area contributed by atoms with Crippen LogP contribution in [0.2, 0.25) is 0 Å². The van der Waals surface area contributed by atoms with Gasteiger partial charge in [0, 0.05) is 23.9 Å². The standard InChI is InChI=1S/C26H31NO3S/c1-3-30-25(28)20-16-22-23-15-18-9-7-8-12-21(18)26(22,17-24(20)27(23)2)13-14-31(29)19-10-5-4-6-11-19/h4-12,20,22-24H,3,13-17H2,1-2H3. The Morgan fingerprint density at radius 2 is 1.90 bits per heavy atom. The zero-order valence-electron chi connectivity index (χ0n) is 18.3. The first-order valence-electron chi connectivity index (χ1n) is 11.5. The summed E-state index contributed by atoms with van der Waals surface area (Å²) in [5.74, 6) is 0.948. The molecule has 2 heterocycles. The van der Waals surface area contributed by atoms with Crippen LogP contribution < -0.4 is 0 Å². The highest BCUT2D eigenvalue weighted by Gasteiger charge is 2.62. The van der Waals surface area contributed by atoms with Gasteiger partial charge in [0.1, 0.15) is 5.75 Å². The molecule has 164 valence electrons. The van der Waals surface area contributed by atoms with Crippen LogP contribution in [0, 0.1) is 11.8 Å². The van der Waals surface area contributed by atoms with Crippen molar-refractivity contribution in [3.05, 3.63) is 65.7 Å². The molecule has 2 saturated heterocycles. The quantitative estimate of drug-likeness (QED) is 0.507. The number of likely N-dealkylation sites (N-methyl/N-ethyl adjacent to an activating group) is 1. The first kappa shape index (κ1) is 21.0. The number of piperidine rings is 2. The molecule has 2 aromatic rings. The summed E-state index contributed by atoms with van der Waals surface area (Å²) < 4.78 is 18.6. The van der Waals surface area contributed by atoms with Gasteiger partial charge in [-0.15, -0.1) is 0 Å². The van der Waals surface area contributed by atoms with E-state index in [2.05, 4.69) is 36.2 Å². The molecule has 6 unspecified atom stereocenters. The van der Waals surface area contributed by atoms with Crippen LogP contribution in [-0.2, 0) is 32.5 Å². The van der Waals surface area contributed by atoms with E-state index < -0.39 is 11.2 Å². The van der Waals surface area contributed by atoms with Gasteiger partial charge in [-0.1, -0.05) is 42.5 Å². The van der Waals surface area contributed by atoms with E-state index in [1.54, 1.807) is 0 Å². The Morgan fingerprint density at radius 1 is 1.16 bits per heavy atom. The minimum atomic E-state index is -1.01. The van der Waals surface area contributed by atoms with Gasteiger partial charge in [0.05, 0.1) is 12.5 Å². The zero-order chi connectivity index (χ0) is 21.6. The molecule has 4 nitrogen and oxygen atoms in total. The van der Waals surface area contributed by atoms with Crippen LogP contribution in [0.1, 0.15) is 37.3 Å². The highest BCUT2D eigenvalue weighted by Crippen LogP contribution is 2.59. The Morgan fingerprint density at radius 3 is 2.68 bits per heavy atom. The molecule has 0 spiro atoms. The number of esters is 1. The van der Waals surface area contributed by atoms with E-state index in [0.717, 1.165) is 30.6 Å². The Kier molecular flexibility index (Phi) is 5.61. The summed E-state index contributed by atoms with van der Waals surface area (Å²) in [6.45, 7) is 2.32. The van der Waals surface area contributed by atoms with Crippen molar-refractivity contribution in [2.24, 2.45) is 11.8 Å². The highest BCUT2D eigenvalue weighted by molar-refractivity contribution is 7.91. The molecule has 4 aliphatic rings. The van der Waals surface area contributed by atoms with Gasteiger partial charge in [-0.05, 0) is 73.6 Å². The fourth-order valence-electron chi connectivity index (χ4n) is 6.70. The number of carbonyl (C=O) groups is 1. The van der Waals surface area contributed by atoms with Crippen LogP contribution in [0.5, 0.6) is 0 Å². The number of rotatable bonds is 6. The van der Waals surface area contributed by atoms with Gasteiger partial charge in [-0.2, -0.15) is 0 Å². The van der Waals surface area contributed by atoms with E-state index in [-0.39, 0.29) is 23.3 Å². The topological polar surface area (TPSA) is 52.6 Å². The first-order valence-corrected chi connectivity index (χ1v) is 12.8. The summed E-state index contributed by atoms with van der Waals surface area (Å²) in [4.78, 5) is 16.1. The smallest absolute Gasteiger partial charge is 0.310 e. The van der Waals surface area contributed by atoms with Crippen molar-refractivity contribution < 1.29 is 14.1 Å². The van der Waals surface area contributed by atoms with Gasteiger partial charge in [-0.3, -0.25) is 9.69 Å². The molecule has 2 aliphatic heterocycles. The lowest BCUT2D eigenvalue weighted by atomic mass is 9.48. The summed E-state index contributed by atoms with van der Waals surface area (Å²) in [5.41, 5.74) is 2.85. The third-order valence-electron chi connectivity index (χ3n) is 8.08. The number of hydrogen-bond donors (Lipinski definition) is 0. The summed E-state index contributed by atoms with van der Waals surface area (Å²) in [7, 11) is 2.19. The Bertz CT molecular complexity index is 951. The zero-order valence-corrected chi connectivity index (χ0v) is 19.1. The molecule has 3 fully saturated rings. The third kappa shape index (κ3) is 3.42. The number of fused-ring (bicyclic) bond motifs is 2. The summed E-state index contributed by atoms with van der Waals surface area (Å²) in [5, 5.41) is 0. The molecule has 2 aromatic carbocycles. The molecule has 6 rings (SSSR count). The molecule has 31 heavy (non-hydrogen) atoms. The number of ether oxygens (including phenoxy) is 1. The lowest BCUT2D eigenvalue weighted by Crippen LogP contribution is -2.69. The fraction of sp³-hybridized carbons (Fsp3) is 0.500. The van der Waals surface area contributed by atoms with E-state index in [1.165, 1.54) is 11.1 Å². The van der Waals surface area contributed by atoms with Gasteiger partial charge >= 0.3 is 5.97 Å². The lowest BCUT2D eigenvalue weighted by Gasteiger charge is -2.64. The van der Waals surface area contributed by atoms with Crippen LogP contribution in [0.25, 0.3) is 0 Å². The van der Waals surface area contributed by atoms with Crippen molar-refractivity contribution in [3.63, 3.8) is 0 Å². The Hall–Kier alpha value is -1.82. The van der Waals surface area contributed by atoms with Crippen molar-refractivity contribution in [3.8, 4) is 0 Å². The maximum atomic E-state index is 13.1. The molecule has 4 bridgehead atoms. The minimum absolute atomic E-state index is 0.00980. The average Bonchev–Trinajstić information content (AvgIpc) is 2.80. The van der Waals surface area contributed by atoms with E-state index in [1.807, 2.05) is 37.3 Å². The summed E-state index contributed by atoms with van der Waals surface area (Å²) >= 11 is -1.01. The summed E-state index contributed by atoms with van der Waals surface area (Å²) in [6.07, 6.45) is 3.75. The van der Waals surface area contributed by atoms with Gasteiger partial charge in [0.2, 0.25) is 0 Å². The molecule has 0 aromatic heterocycles. The normalized spacial score (nSPS) is 32.4. The van der Waals surface area contributed by atoms with Gasteiger partial charge in [-0.25, -0.2) is 0 Å². The molecule has 0 amide bonds. The van der Waals surface area contributed by atoms with Crippen LogP contribution in [-0.4, -0.2) is 46.9 Å². The van der Waals surface area contributed by atoms with Crippen LogP contribution >= 0.6 is 0 Å². The SMILES string of the molecule is CCOC(=O)C1CC2C3Cc4ccccc4C2(CC[S+]([O-])c2ccccc2)CC1N3C. The van der Waals surface area contributed by atoms with E-state index in [9.17, 15) is 9.35 Å². The predicted octanol–water partition coefficient (Wildman–Crippen LogP) is 3.95. The van der Waals surface area contributed by atoms with Gasteiger partial charge in [0.25, 0.3) is 0 Å². The van der Waals surface area contributed by atoms with Gasteiger partial charge < -0.3 is 9.29 Å². The van der Waals surface area contributed by atoms with Gasteiger partial charge in [0.15, 0.2) is 4.90 Å². The molecule has 6 atom stereocenters. The minimum Gasteiger partial charge on any atom is -0.611 e. The lowest BCUT2D eigenvalue weighted by molar-refractivity contribution is -0.165. The molecule has 1 saturated carbocycles. The van der Waals surface area contributed by atoms with Crippen LogP contribution in [0.3, 0.4) is 0 Å². The second-order valence-electron chi connectivity index (χ2n) is 9.34. The number of benzene rings is 2. The highest BCUT2D eigenvalue weighted by atomic mass is 32.2. The fourth-order valence-corrected chi connectivity index (χ4v) is 7.95. The predicted molar refractivity (Wildman–Crippen MR) is 122 cm³/mol. The number of hydrogen-bond acceptors (Lipinski definition) is 4. The first-order chi connectivity index (χ1) is 15.0. The number of nitrogens with zero attached hydrogens (tertiary/aromatic N) is 1. The van der Waals surface area contributed by atoms with E-state index in [0.29, 0.717) is 24.3 Å². The Balaban J connectivity index is 1.49. The molecule has 0 N–H and O–H groups in total. The molecular formula is C26H31NO3S. The van der Waals surface area contributed by atoms with Crippen molar-refractivity contribution in [1.29, 1.82) is 0 Å². The third-order valence-corrected chi connectivity index (χ3v) is 9.45. The Labute approximate surface area is 188 Å². The monoisotopic (exact) mass is 437 g/mol. The van der Waals surface area contributed by atoms with Crippen molar-refractivity contribution in [2.75, 3.05) is 19.4 Å². The maximum Gasteiger partial charge on any atom is 0.310 e. The molecular weight excluding hydrogens is 406 g/mol. The van der Waals surface area contributed by atoms with E-state index in [4.69, 9.17) is 4.74 Å². The van der Waals surface area contributed by atoms with Crippen molar-refractivity contribution >= 4 is 17.1 Å². The van der Waals surface area contributed by atoms with E-state index >= 15 is 0 Å². The largest absolute Gasteiger partial charge is 0.611 e. The van der Waals surface area contributed by atoms with Crippen molar-refractivity contribution in [2.45, 2.75) is 55.0 Å². The van der Waals surface area contributed by atoms with Crippen LogP contribution in [0.15, 0.2) is 59.5 Å². The molecule has 0 radical (unpaired) electrons. The molecule has 2 aliphatic carbocycles. The second-order valence-corrected chi connectivity index (χ2v) is 10.9. The van der Waals surface area contributed by atoms with Crippen LogP contribution in [0.4, 0.5) is 0 Å².